The van der Waals surface area contributed by atoms with Gasteiger partial charge in [0.05, 0.1) is 11.5 Å². The second kappa shape index (κ2) is 4.99. The van der Waals surface area contributed by atoms with Crippen LogP contribution in [0.4, 0.5) is 0 Å². The van der Waals surface area contributed by atoms with Gasteiger partial charge in [0.2, 0.25) is 10.0 Å². The van der Waals surface area contributed by atoms with Crippen LogP contribution in [0.3, 0.4) is 0 Å². The average Bonchev–Trinajstić information content (AvgIpc) is 2.14. The van der Waals surface area contributed by atoms with Crippen molar-refractivity contribution in [2.45, 2.75) is 18.9 Å². The van der Waals surface area contributed by atoms with E-state index in [2.05, 4.69) is 0 Å². The molecule has 1 aliphatic rings. The van der Waals surface area contributed by atoms with Gasteiger partial charge in [0, 0.05) is 25.4 Å². The fraction of sp³-hybridized carbons (Fsp3) is 1.00. The SMILES string of the molecule is CS(=O)(=O)CCS(=O)(=O)N1CCCC(N)C1. The first-order valence-electron chi connectivity index (χ1n) is 5.12. The zero-order chi connectivity index (χ0) is 12.4. The van der Waals surface area contributed by atoms with Crippen molar-refractivity contribution in [1.29, 1.82) is 0 Å². The van der Waals surface area contributed by atoms with E-state index in [4.69, 9.17) is 5.73 Å². The zero-order valence-electron chi connectivity index (χ0n) is 9.29. The van der Waals surface area contributed by atoms with Crippen molar-refractivity contribution in [2.24, 2.45) is 5.73 Å². The van der Waals surface area contributed by atoms with E-state index in [0.717, 1.165) is 19.1 Å². The van der Waals surface area contributed by atoms with E-state index in [-0.39, 0.29) is 17.5 Å². The minimum absolute atomic E-state index is 0.137. The van der Waals surface area contributed by atoms with Gasteiger partial charge in [0.1, 0.15) is 9.84 Å². The van der Waals surface area contributed by atoms with Gasteiger partial charge in [0.15, 0.2) is 0 Å². The van der Waals surface area contributed by atoms with E-state index in [0.29, 0.717) is 13.1 Å². The number of hydrogen-bond acceptors (Lipinski definition) is 5. The first-order chi connectivity index (χ1) is 7.21. The summed E-state index contributed by atoms with van der Waals surface area (Å²) in [6, 6.07) is -0.137. The lowest BCUT2D eigenvalue weighted by atomic mass is 10.1. The monoisotopic (exact) mass is 270 g/mol. The highest BCUT2D eigenvalue weighted by Crippen LogP contribution is 2.13. The normalized spacial score (nSPS) is 24.5. The Morgan fingerprint density at radius 3 is 2.38 bits per heavy atom. The Morgan fingerprint density at radius 1 is 1.25 bits per heavy atom. The van der Waals surface area contributed by atoms with Gasteiger partial charge < -0.3 is 5.73 Å². The molecule has 1 aliphatic heterocycles. The molecule has 0 bridgehead atoms. The lowest BCUT2D eigenvalue weighted by molar-refractivity contribution is 0.316. The molecule has 6 nitrogen and oxygen atoms in total. The molecule has 1 unspecified atom stereocenters. The van der Waals surface area contributed by atoms with Gasteiger partial charge in [-0.3, -0.25) is 0 Å². The fourth-order valence-corrected chi connectivity index (χ4v) is 4.75. The molecule has 8 heteroatoms. The summed E-state index contributed by atoms with van der Waals surface area (Å²) >= 11 is 0. The smallest absolute Gasteiger partial charge is 0.215 e. The molecule has 0 radical (unpaired) electrons. The van der Waals surface area contributed by atoms with Gasteiger partial charge in [-0.2, -0.15) is 0 Å². The number of piperidine rings is 1. The molecule has 2 N–H and O–H groups in total. The molecular formula is C8H18N2O4S2. The molecule has 0 spiro atoms. The average molecular weight is 270 g/mol. The summed E-state index contributed by atoms with van der Waals surface area (Å²) < 4.78 is 46.7. The standard InChI is InChI=1S/C8H18N2O4S2/c1-15(11,12)5-6-16(13,14)10-4-2-3-8(9)7-10/h8H,2-7,9H2,1H3. The molecule has 0 aromatic rings. The summed E-state index contributed by atoms with van der Waals surface area (Å²) in [5.41, 5.74) is 5.68. The molecule has 1 saturated heterocycles. The van der Waals surface area contributed by atoms with Gasteiger partial charge in [-0.05, 0) is 12.8 Å². The molecule has 0 amide bonds. The summed E-state index contributed by atoms with van der Waals surface area (Å²) in [5.74, 6) is -0.681. The zero-order valence-corrected chi connectivity index (χ0v) is 10.9. The first kappa shape index (κ1) is 13.9. The molecular weight excluding hydrogens is 252 g/mol. The molecule has 0 aromatic heterocycles. The highest BCUT2D eigenvalue weighted by Gasteiger charge is 2.27. The van der Waals surface area contributed by atoms with Crippen LogP contribution in [0.25, 0.3) is 0 Å². The van der Waals surface area contributed by atoms with Gasteiger partial charge >= 0.3 is 0 Å². The summed E-state index contributed by atoms with van der Waals surface area (Å²) in [6.07, 6.45) is 2.59. The molecule has 1 fully saturated rings. The molecule has 1 heterocycles. The molecule has 0 aliphatic carbocycles. The minimum atomic E-state index is -3.48. The van der Waals surface area contributed by atoms with Crippen molar-refractivity contribution in [3.8, 4) is 0 Å². The van der Waals surface area contributed by atoms with Crippen LogP contribution in [0.2, 0.25) is 0 Å². The Morgan fingerprint density at radius 2 is 1.88 bits per heavy atom. The van der Waals surface area contributed by atoms with Crippen LogP contribution in [-0.4, -0.2) is 58.0 Å². The van der Waals surface area contributed by atoms with Crippen LogP contribution in [0, 0.1) is 0 Å². The number of nitrogens with zero attached hydrogens (tertiary/aromatic N) is 1. The van der Waals surface area contributed by atoms with Gasteiger partial charge in [-0.15, -0.1) is 0 Å². The summed E-state index contributed by atoms with van der Waals surface area (Å²) in [4.78, 5) is 0. The number of rotatable bonds is 4. The van der Waals surface area contributed by atoms with E-state index in [9.17, 15) is 16.8 Å². The molecule has 1 atom stereocenters. The number of sulfonamides is 1. The van der Waals surface area contributed by atoms with Crippen LogP contribution < -0.4 is 5.73 Å². The second-order valence-corrected chi connectivity index (χ2v) is 8.55. The van der Waals surface area contributed by atoms with Crippen LogP contribution in [0.5, 0.6) is 0 Å². The third-order valence-corrected chi connectivity index (χ3v) is 5.57. The summed E-state index contributed by atoms with van der Waals surface area (Å²) in [6.45, 7) is 0.742. The molecule has 0 saturated carbocycles. The summed E-state index contributed by atoms with van der Waals surface area (Å²) in [5, 5.41) is 0. The Kier molecular flexibility index (Phi) is 4.33. The number of sulfone groups is 1. The number of hydrogen-bond donors (Lipinski definition) is 1. The Balaban J connectivity index is 2.63. The predicted molar refractivity (Wildman–Crippen MR) is 62.3 cm³/mol. The maximum absolute atomic E-state index is 11.8. The third-order valence-electron chi connectivity index (χ3n) is 2.53. The Bertz CT molecular complexity index is 429. The van der Waals surface area contributed by atoms with Crippen molar-refractivity contribution in [3.63, 3.8) is 0 Å². The van der Waals surface area contributed by atoms with E-state index in [1.54, 1.807) is 0 Å². The quantitative estimate of drug-likeness (QED) is 0.691. The highest BCUT2D eigenvalue weighted by atomic mass is 32.2. The highest BCUT2D eigenvalue weighted by molar-refractivity contribution is 7.93. The lowest BCUT2D eigenvalue weighted by Gasteiger charge is -2.29. The van der Waals surface area contributed by atoms with Crippen molar-refractivity contribution < 1.29 is 16.8 Å². The van der Waals surface area contributed by atoms with Crippen LogP contribution in [0.15, 0.2) is 0 Å². The topological polar surface area (TPSA) is 97.5 Å². The van der Waals surface area contributed by atoms with E-state index < -0.39 is 19.9 Å². The van der Waals surface area contributed by atoms with Crippen molar-refractivity contribution in [2.75, 3.05) is 30.9 Å². The maximum atomic E-state index is 11.8. The van der Waals surface area contributed by atoms with Gasteiger partial charge in [-0.25, -0.2) is 21.1 Å². The largest absolute Gasteiger partial charge is 0.327 e. The van der Waals surface area contributed by atoms with E-state index in [1.165, 1.54) is 4.31 Å². The van der Waals surface area contributed by atoms with Gasteiger partial charge in [0.25, 0.3) is 0 Å². The summed E-state index contributed by atoms with van der Waals surface area (Å²) in [7, 11) is -6.72. The van der Waals surface area contributed by atoms with Crippen LogP contribution in [0.1, 0.15) is 12.8 Å². The minimum Gasteiger partial charge on any atom is -0.327 e. The van der Waals surface area contributed by atoms with Gasteiger partial charge in [-0.1, -0.05) is 0 Å². The Hall–Kier alpha value is -0.180. The fourth-order valence-electron chi connectivity index (χ4n) is 1.61. The van der Waals surface area contributed by atoms with E-state index in [1.807, 2.05) is 0 Å². The Labute approximate surface area is 96.8 Å². The maximum Gasteiger partial charge on any atom is 0.215 e. The van der Waals surface area contributed by atoms with Crippen molar-refractivity contribution in [1.82, 2.24) is 4.31 Å². The van der Waals surface area contributed by atoms with Crippen LogP contribution in [-0.2, 0) is 19.9 Å². The van der Waals surface area contributed by atoms with Crippen LogP contribution >= 0.6 is 0 Å². The lowest BCUT2D eigenvalue weighted by Crippen LogP contribution is -2.47. The second-order valence-electron chi connectivity index (χ2n) is 4.21. The first-order valence-corrected chi connectivity index (χ1v) is 8.79. The molecule has 96 valence electrons. The third kappa shape index (κ3) is 4.36. The molecule has 0 aromatic carbocycles. The number of nitrogens with two attached hydrogens (primary N) is 1. The van der Waals surface area contributed by atoms with Crippen molar-refractivity contribution in [3.05, 3.63) is 0 Å². The molecule has 1 rings (SSSR count). The van der Waals surface area contributed by atoms with E-state index >= 15 is 0 Å². The predicted octanol–water partition coefficient (Wildman–Crippen LogP) is -1.22. The van der Waals surface area contributed by atoms with Crippen molar-refractivity contribution >= 4 is 19.9 Å². The molecule has 16 heavy (non-hydrogen) atoms.